The molecule has 0 heterocycles. The minimum absolute atomic E-state index is 0.0345. The van der Waals surface area contributed by atoms with E-state index in [1.165, 1.54) is 29.5 Å². The number of carboxylic acid groups (broad SMARTS) is 1. The number of fused-ring (bicyclic) bond motifs is 1. The lowest BCUT2D eigenvalue weighted by Crippen LogP contribution is -2.19. The number of unbranched alkanes of at least 4 members (excludes halogenated alkanes) is 3. The molecule has 3 rings (SSSR count). The number of aliphatic hydroxyl groups is 1. The molecule has 1 saturated carbocycles. The van der Waals surface area contributed by atoms with Crippen molar-refractivity contribution in [3.8, 4) is 0 Å². The van der Waals surface area contributed by atoms with E-state index in [0.717, 1.165) is 38.5 Å². The Kier molecular flexibility index (Phi) is 6.40. The van der Waals surface area contributed by atoms with Gasteiger partial charge < -0.3 is 10.2 Å². The van der Waals surface area contributed by atoms with Gasteiger partial charge >= 0.3 is 5.97 Å². The Balaban J connectivity index is 1.58. The van der Waals surface area contributed by atoms with Crippen LogP contribution in [0.2, 0.25) is 0 Å². The number of alkyl halides is 1. The third-order valence-corrected chi connectivity index (χ3v) is 6.49. The summed E-state index contributed by atoms with van der Waals surface area (Å²) in [7, 11) is 0. The second-order valence-corrected chi connectivity index (χ2v) is 8.30. The zero-order chi connectivity index (χ0) is 17.8. The molecule has 0 aliphatic heterocycles. The van der Waals surface area contributed by atoms with Crippen LogP contribution in [0.15, 0.2) is 18.2 Å². The number of aryl methyl sites for hydroxylation is 2. The predicted octanol–water partition coefficient (Wildman–Crippen LogP) is 4.67. The Bertz CT molecular complexity index is 601. The summed E-state index contributed by atoms with van der Waals surface area (Å²) in [5.74, 6) is -0.251. The number of benzene rings is 1. The summed E-state index contributed by atoms with van der Waals surface area (Å²) in [5.41, 5.74) is 4.18. The van der Waals surface area contributed by atoms with Gasteiger partial charge in [0.15, 0.2) is 0 Å². The van der Waals surface area contributed by atoms with Crippen molar-refractivity contribution >= 4 is 17.6 Å². The molecule has 2 aliphatic carbocycles. The molecule has 4 heteroatoms. The van der Waals surface area contributed by atoms with Crippen LogP contribution in [0.4, 0.5) is 0 Å². The largest absolute Gasteiger partial charge is 0.481 e. The van der Waals surface area contributed by atoms with E-state index in [9.17, 15) is 9.90 Å². The zero-order valence-electron chi connectivity index (χ0n) is 14.8. The number of aliphatic hydroxyl groups excluding tert-OH is 1. The van der Waals surface area contributed by atoms with Gasteiger partial charge in [0.1, 0.15) is 0 Å². The first-order valence-corrected chi connectivity index (χ1v) is 10.2. The summed E-state index contributed by atoms with van der Waals surface area (Å²) >= 11 is 6.58. The number of rotatable bonds is 8. The molecule has 3 nitrogen and oxygen atoms in total. The molecule has 2 N–H and O–H groups in total. The standard InChI is InChI=1S/C21H29ClO3/c22-18-13-19(23)21(16-11-10-14-6-5-7-15(14)12-16)17(18)8-3-1-2-4-9-20(24)25/h10-12,17-19,21,23H,1-9,13H2,(H,24,25). The minimum atomic E-state index is -0.712. The Labute approximate surface area is 155 Å². The third-order valence-electron chi connectivity index (χ3n) is 5.99. The highest BCUT2D eigenvalue weighted by molar-refractivity contribution is 6.21. The molecule has 0 spiro atoms. The van der Waals surface area contributed by atoms with Crippen molar-refractivity contribution in [2.24, 2.45) is 5.92 Å². The highest BCUT2D eigenvalue weighted by Gasteiger charge is 2.42. The molecule has 138 valence electrons. The molecule has 1 aromatic carbocycles. The van der Waals surface area contributed by atoms with Gasteiger partial charge in [-0.05, 0) is 61.1 Å². The molecule has 1 fully saturated rings. The van der Waals surface area contributed by atoms with Crippen LogP contribution < -0.4 is 0 Å². The molecule has 25 heavy (non-hydrogen) atoms. The van der Waals surface area contributed by atoms with Gasteiger partial charge in [-0.1, -0.05) is 37.5 Å². The Morgan fingerprint density at radius 1 is 1.12 bits per heavy atom. The number of halogens is 1. The van der Waals surface area contributed by atoms with Gasteiger partial charge in [-0.3, -0.25) is 4.79 Å². The van der Waals surface area contributed by atoms with Gasteiger partial charge in [0.25, 0.3) is 0 Å². The monoisotopic (exact) mass is 364 g/mol. The Morgan fingerprint density at radius 2 is 1.88 bits per heavy atom. The maximum atomic E-state index is 10.6. The molecule has 0 bridgehead atoms. The predicted molar refractivity (Wildman–Crippen MR) is 100 cm³/mol. The van der Waals surface area contributed by atoms with Gasteiger partial charge in [-0.2, -0.15) is 0 Å². The summed E-state index contributed by atoms with van der Waals surface area (Å²) in [6.07, 6.45) is 8.99. The van der Waals surface area contributed by atoms with Crippen LogP contribution in [0.1, 0.15) is 74.0 Å². The SMILES string of the molecule is O=C(O)CCCCCCC1C(Cl)CC(O)C1c1ccc2c(c1)CCC2. The molecular weight excluding hydrogens is 336 g/mol. The zero-order valence-corrected chi connectivity index (χ0v) is 15.5. The quantitative estimate of drug-likeness (QED) is 0.520. The topological polar surface area (TPSA) is 57.5 Å². The molecule has 0 amide bonds. The average Bonchev–Trinajstić information content (AvgIpc) is 3.13. The maximum absolute atomic E-state index is 10.6. The molecule has 0 aromatic heterocycles. The van der Waals surface area contributed by atoms with Crippen LogP contribution in [-0.2, 0) is 17.6 Å². The molecule has 0 radical (unpaired) electrons. The van der Waals surface area contributed by atoms with Gasteiger partial charge in [0, 0.05) is 17.7 Å². The summed E-state index contributed by atoms with van der Waals surface area (Å²) < 4.78 is 0. The molecular formula is C21H29ClO3. The van der Waals surface area contributed by atoms with Crippen molar-refractivity contribution in [2.75, 3.05) is 0 Å². The van der Waals surface area contributed by atoms with Gasteiger partial charge in [0.05, 0.1) is 6.10 Å². The van der Waals surface area contributed by atoms with Crippen molar-refractivity contribution in [2.45, 2.75) is 81.6 Å². The Morgan fingerprint density at radius 3 is 2.68 bits per heavy atom. The van der Waals surface area contributed by atoms with E-state index in [1.807, 2.05) is 0 Å². The lowest BCUT2D eigenvalue weighted by Gasteiger charge is -2.24. The van der Waals surface area contributed by atoms with Crippen molar-refractivity contribution in [1.29, 1.82) is 0 Å². The van der Waals surface area contributed by atoms with Gasteiger partial charge in [0.2, 0.25) is 0 Å². The van der Waals surface area contributed by atoms with E-state index in [-0.39, 0.29) is 23.8 Å². The summed E-state index contributed by atoms with van der Waals surface area (Å²) in [5, 5.41) is 19.3. The van der Waals surface area contributed by atoms with E-state index in [1.54, 1.807) is 0 Å². The maximum Gasteiger partial charge on any atom is 0.303 e. The normalized spacial score (nSPS) is 28.2. The molecule has 1 aromatic rings. The Hall–Kier alpha value is -1.06. The summed E-state index contributed by atoms with van der Waals surface area (Å²) in [4.78, 5) is 10.6. The fraction of sp³-hybridized carbons (Fsp3) is 0.667. The van der Waals surface area contributed by atoms with E-state index >= 15 is 0 Å². The average molecular weight is 365 g/mol. The number of carbonyl (C=O) groups is 1. The number of carboxylic acids is 1. The van der Waals surface area contributed by atoms with E-state index in [2.05, 4.69) is 18.2 Å². The van der Waals surface area contributed by atoms with E-state index in [4.69, 9.17) is 16.7 Å². The summed E-state index contributed by atoms with van der Waals surface area (Å²) in [6, 6.07) is 6.76. The van der Waals surface area contributed by atoms with Crippen molar-refractivity contribution in [3.05, 3.63) is 34.9 Å². The lowest BCUT2D eigenvalue weighted by molar-refractivity contribution is -0.137. The molecule has 2 aliphatic rings. The second kappa shape index (κ2) is 8.55. The molecule has 4 atom stereocenters. The fourth-order valence-corrected chi connectivity index (χ4v) is 5.17. The van der Waals surface area contributed by atoms with Crippen LogP contribution in [-0.4, -0.2) is 27.7 Å². The lowest BCUT2D eigenvalue weighted by atomic mass is 9.83. The first-order chi connectivity index (χ1) is 12.1. The van der Waals surface area contributed by atoms with Crippen LogP contribution >= 0.6 is 11.6 Å². The molecule has 4 unspecified atom stereocenters. The molecule has 0 saturated heterocycles. The minimum Gasteiger partial charge on any atom is -0.481 e. The summed E-state index contributed by atoms with van der Waals surface area (Å²) in [6.45, 7) is 0. The van der Waals surface area contributed by atoms with Gasteiger partial charge in [-0.15, -0.1) is 11.6 Å². The van der Waals surface area contributed by atoms with E-state index in [0.29, 0.717) is 12.3 Å². The van der Waals surface area contributed by atoms with Crippen molar-refractivity contribution in [3.63, 3.8) is 0 Å². The van der Waals surface area contributed by atoms with Crippen LogP contribution in [0.25, 0.3) is 0 Å². The van der Waals surface area contributed by atoms with Gasteiger partial charge in [-0.25, -0.2) is 0 Å². The van der Waals surface area contributed by atoms with E-state index < -0.39 is 5.97 Å². The smallest absolute Gasteiger partial charge is 0.303 e. The number of hydrogen-bond acceptors (Lipinski definition) is 2. The van der Waals surface area contributed by atoms with Crippen LogP contribution in [0.5, 0.6) is 0 Å². The second-order valence-electron chi connectivity index (χ2n) is 7.74. The highest BCUT2D eigenvalue weighted by Crippen LogP contribution is 2.46. The van der Waals surface area contributed by atoms with Crippen LogP contribution in [0.3, 0.4) is 0 Å². The van der Waals surface area contributed by atoms with Crippen molar-refractivity contribution < 1.29 is 15.0 Å². The number of hydrogen-bond donors (Lipinski definition) is 2. The number of aliphatic carboxylic acids is 1. The van der Waals surface area contributed by atoms with Crippen molar-refractivity contribution in [1.82, 2.24) is 0 Å². The first kappa shape index (κ1) is 18.7. The fourth-order valence-electron chi connectivity index (χ4n) is 4.70. The van der Waals surface area contributed by atoms with Crippen LogP contribution in [0, 0.1) is 5.92 Å². The highest BCUT2D eigenvalue weighted by atomic mass is 35.5. The third kappa shape index (κ3) is 4.57. The first-order valence-electron chi connectivity index (χ1n) is 9.72.